The van der Waals surface area contributed by atoms with Gasteiger partial charge in [-0.1, -0.05) is 0 Å². The van der Waals surface area contributed by atoms with Crippen LogP contribution in [0.5, 0.6) is 0 Å². The first-order valence-corrected chi connectivity index (χ1v) is 3.86. The average molecular weight is 177 g/mol. The topological polar surface area (TPSA) is 25.8 Å². The van der Waals surface area contributed by atoms with Crippen molar-refractivity contribution in [1.82, 2.24) is 10.2 Å². The summed E-state index contributed by atoms with van der Waals surface area (Å²) in [6.45, 7) is 0. The first-order chi connectivity index (χ1) is 4.88. The van der Waals surface area contributed by atoms with Gasteiger partial charge in [0.15, 0.2) is 0 Å². The summed E-state index contributed by atoms with van der Waals surface area (Å²) >= 11 is 11.1. The summed E-state index contributed by atoms with van der Waals surface area (Å²) in [5.41, 5.74) is 1.71. The molecule has 10 heavy (non-hydrogen) atoms. The van der Waals surface area contributed by atoms with Crippen molar-refractivity contribution in [3.63, 3.8) is 0 Å². The summed E-state index contributed by atoms with van der Waals surface area (Å²) in [6, 6.07) is 1.82. The van der Waals surface area contributed by atoms with Crippen molar-refractivity contribution >= 4 is 23.2 Å². The van der Waals surface area contributed by atoms with Gasteiger partial charge in [-0.3, -0.25) is 0 Å². The van der Waals surface area contributed by atoms with Crippen LogP contribution in [0.2, 0.25) is 0 Å². The van der Waals surface area contributed by atoms with Crippen LogP contribution in [-0.2, 0) is 11.8 Å². The molecule has 1 aromatic heterocycles. The molecule has 0 saturated heterocycles. The molecule has 54 valence electrons. The molecule has 0 bridgehead atoms. The predicted molar refractivity (Wildman–Crippen MR) is 41.1 cm³/mol. The minimum atomic E-state index is 0.371. The van der Waals surface area contributed by atoms with Gasteiger partial charge in [0.05, 0.1) is 11.6 Å². The minimum absolute atomic E-state index is 0.371. The van der Waals surface area contributed by atoms with Crippen LogP contribution in [0, 0.1) is 0 Å². The standard InChI is InChI=1S/C6H6Cl2N2/c7-3-5-1-2-9-10-6(5)4-8/h1-2H,3-4H2. The zero-order valence-electron chi connectivity index (χ0n) is 5.22. The van der Waals surface area contributed by atoms with E-state index in [1.54, 1.807) is 6.20 Å². The molecule has 0 amide bonds. The molecular weight excluding hydrogens is 171 g/mol. The van der Waals surface area contributed by atoms with E-state index in [4.69, 9.17) is 23.2 Å². The molecule has 0 radical (unpaired) electrons. The lowest BCUT2D eigenvalue weighted by Crippen LogP contribution is -1.94. The summed E-state index contributed by atoms with van der Waals surface area (Å²) in [5.74, 6) is 0.813. The van der Waals surface area contributed by atoms with Crippen molar-refractivity contribution in [3.05, 3.63) is 23.5 Å². The zero-order chi connectivity index (χ0) is 7.40. The van der Waals surface area contributed by atoms with E-state index in [0.29, 0.717) is 11.8 Å². The number of alkyl halides is 2. The molecule has 2 nitrogen and oxygen atoms in total. The normalized spacial score (nSPS) is 9.80. The smallest absolute Gasteiger partial charge is 0.0822 e. The predicted octanol–water partition coefficient (Wildman–Crippen LogP) is 1.95. The Hall–Kier alpha value is -0.340. The SMILES string of the molecule is ClCc1ccnnc1CCl. The van der Waals surface area contributed by atoms with E-state index in [1.807, 2.05) is 6.07 Å². The third kappa shape index (κ3) is 1.58. The van der Waals surface area contributed by atoms with Gasteiger partial charge in [0.25, 0.3) is 0 Å². The summed E-state index contributed by atoms with van der Waals surface area (Å²) in [5, 5.41) is 7.47. The average Bonchev–Trinajstić information content (AvgIpc) is 2.04. The van der Waals surface area contributed by atoms with Crippen molar-refractivity contribution in [1.29, 1.82) is 0 Å². The molecule has 0 atom stereocenters. The number of rotatable bonds is 2. The van der Waals surface area contributed by atoms with Crippen LogP contribution in [0.4, 0.5) is 0 Å². The molecule has 1 rings (SSSR count). The van der Waals surface area contributed by atoms with Crippen molar-refractivity contribution in [2.24, 2.45) is 0 Å². The van der Waals surface area contributed by atoms with Crippen molar-refractivity contribution in [3.8, 4) is 0 Å². The van der Waals surface area contributed by atoms with Crippen LogP contribution in [0.1, 0.15) is 11.3 Å². The first kappa shape index (κ1) is 7.76. The van der Waals surface area contributed by atoms with Gasteiger partial charge in [0.2, 0.25) is 0 Å². The fraction of sp³-hybridized carbons (Fsp3) is 0.333. The van der Waals surface area contributed by atoms with Crippen LogP contribution in [0.3, 0.4) is 0 Å². The van der Waals surface area contributed by atoms with Crippen LogP contribution >= 0.6 is 23.2 Å². The Labute approximate surface area is 69.2 Å². The summed E-state index contributed by atoms with van der Waals surface area (Å²) in [7, 11) is 0. The largest absolute Gasteiger partial charge is 0.159 e. The second kappa shape index (κ2) is 3.74. The second-order valence-electron chi connectivity index (χ2n) is 1.77. The molecule has 0 aliphatic heterocycles. The van der Waals surface area contributed by atoms with Crippen molar-refractivity contribution in [2.45, 2.75) is 11.8 Å². The maximum atomic E-state index is 5.58. The Morgan fingerprint density at radius 1 is 1.30 bits per heavy atom. The van der Waals surface area contributed by atoms with Gasteiger partial charge < -0.3 is 0 Å². The van der Waals surface area contributed by atoms with Crippen LogP contribution in [0.25, 0.3) is 0 Å². The van der Waals surface area contributed by atoms with Gasteiger partial charge in [-0.05, 0) is 11.6 Å². The third-order valence-corrected chi connectivity index (χ3v) is 1.70. The van der Waals surface area contributed by atoms with E-state index in [0.717, 1.165) is 11.3 Å². The molecular formula is C6H6Cl2N2. The molecule has 1 aromatic rings. The highest BCUT2D eigenvalue weighted by atomic mass is 35.5. The fourth-order valence-corrected chi connectivity index (χ4v) is 1.09. The van der Waals surface area contributed by atoms with Gasteiger partial charge in [0.1, 0.15) is 0 Å². The van der Waals surface area contributed by atoms with Crippen LogP contribution in [-0.4, -0.2) is 10.2 Å². The molecule has 0 N–H and O–H groups in total. The highest BCUT2D eigenvalue weighted by molar-refractivity contribution is 6.18. The first-order valence-electron chi connectivity index (χ1n) is 2.80. The van der Waals surface area contributed by atoms with Gasteiger partial charge in [0, 0.05) is 12.1 Å². The van der Waals surface area contributed by atoms with Gasteiger partial charge in [-0.2, -0.15) is 10.2 Å². The molecule has 1 heterocycles. The van der Waals surface area contributed by atoms with E-state index < -0.39 is 0 Å². The molecule has 4 heteroatoms. The third-order valence-electron chi connectivity index (χ3n) is 1.16. The van der Waals surface area contributed by atoms with E-state index in [-0.39, 0.29) is 0 Å². The highest BCUT2D eigenvalue weighted by Crippen LogP contribution is 2.08. The lowest BCUT2D eigenvalue weighted by molar-refractivity contribution is 0.945. The molecule has 0 aliphatic rings. The monoisotopic (exact) mass is 176 g/mol. The van der Waals surface area contributed by atoms with Gasteiger partial charge in [-0.25, -0.2) is 0 Å². The fourth-order valence-electron chi connectivity index (χ4n) is 0.621. The van der Waals surface area contributed by atoms with Crippen LogP contribution in [0.15, 0.2) is 12.3 Å². The Morgan fingerprint density at radius 3 is 2.60 bits per heavy atom. The minimum Gasteiger partial charge on any atom is -0.159 e. The molecule has 0 saturated carbocycles. The Bertz CT molecular complexity index is 192. The Kier molecular flexibility index (Phi) is 2.90. The van der Waals surface area contributed by atoms with Crippen molar-refractivity contribution < 1.29 is 0 Å². The lowest BCUT2D eigenvalue weighted by atomic mass is 10.2. The zero-order valence-corrected chi connectivity index (χ0v) is 6.73. The lowest BCUT2D eigenvalue weighted by Gasteiger charge is -1.97. The maximum absolute atomic E-state index is 5.58. The number of aromatic nitrogens is 2. The van der Waals surface area contributed by atoms with Crippen molar-refractivity contribution in [2.75, 3.05) is 0 Å². The van der Waals surface area contributed by atoms with Gasteiger partial charge >= 0.3 is 0 Å². The highest BCUT2D eigenvalue weighted by Gasteiger charge is 1.99. The van der Waals surface area contributed by atoms with E-state index in [2.05, 4.69) is 10.2 Å². The maximum Gasteiger partial charge on any atom is 0.0822 e. The number of hydrogen-bond donors (Lipinski definition) is 0. The quantitative estimate of drug-likeness (QED) is 0.645. The molecule has 0 aliphatic carbocycles. The summed E-state index contributed by atoms with van der Waals surface area (Å²) in [4.78, 5) is 0. The van der Waals surface area contributed by atoms with E-state index in [9.17, 15) is 0 Å². The number of halogens is 2. The molecule has 0 unspecified atom stereocenters. The number of hydrogen-bond acceptors (Lipinski definition) is 2. The summed E-state index contributed by atoms with van der Waals surface area (Å²) in [6.07, 6.45) is 1.60. The van der Waals surface area contributed by atoms with Crippen LogP contribution < -0.4 is 0 Å². The Balaban J connectivity index is 2.96. The summed E-state index contributed by atoms with van der Waals surface area (Å²) < 4.78 is 0. The molecule has 0 spiro atoms. The molecule has 0 fully saturated rings. The molecule has 0 aromatic carbocycles. The van der Waals surface area contributed by atoms with E-state index >= 15 is 0 Å². The number of nitrogens with zero attached hydrogens (tertiary/aromatic N) is 2. The van der Waals surface area contributed by atoms with E-state index in [1.165, 1.54) is 0 Å². The van der Waals surface area contributed by atoms with Gasteiger partial charge in [-0.15, -0.1) is 23.2 Å². The Morgan fingerprint density at radius 2 is 2.10 bits per heavy atom. The second-order valence-corrected chi connectivity index (χ2v) is 2.30.